The second-order valence-electron chi connectivity index (χ2n) is 5.54. The number of halogens is 1. The molecule has 19 heavy (non-hydrogen) atoms. The van der Waals surface area contributed by atoms with Gasteiger partial charge in [-0.05, 0) is 39.7 Å². The van der Waals surface area contributed by atoms with E-state index in [-0.39, 0.29) is 5.97 Å². The van der Waals surface area contributed by atoms with Crippen molar-refractivity contribution in [2.75, 3.05) is 5.33 Å². The lowest BCUT2D eigenvalue weighted by Gasteiger charge is -2.19. The number of aryl methyl sites for hydroxylation is 1. The third-order valence-electron chi connectivity index (χ3n) is 2.58. The lowest BCUT2D eigenvalue weighted by Crippen LogP contribution is -2.25. The van der Waals surface area contributed by atoms with Gasteiger partial charge in [0.25, 0.3) is 0 Å². The number of aromatic nitrogens is 2. The zero-order valence-electron chi connectivity index (χ0n) is 12.0. The van der Waals surface area contributed by atoms with Crippen LogP contribution in [0.3, 0.4) is 0 Å². The van der Waals surface area contributed by atoms with E-state index in [1.165, 1.54) is 12.8 Å². The second-order valence-corrected chi connectivity index (χ2v) is 6.34. The Hall–Kier alpha value is -0.840. The zero-order valence-corrected chi connectivity index (χ0v) is 13.6. The summed E-state index contributed by atoms with van der Waals surface area (Å²) in [5, 5.41) is 5.25. The van der Waals surface area contributed by atoms with Crippen LogP contribution in [-0.2, 0) is 11.3 Å². The van der Waals surface area contributed by atoms with Crippen LogP contribution < -0.4 is 0 Å². The van der Waals surface area contributed by atoms with Gasteiger partial charge in [0.2, 0.25) is 0 Å². The fourth-order valence-electron chi connectivity index (χ4n) is 1.72. The van der Waals surface area contributed by atoms with Gasteiger partial charge in [0.05, 0.1) is 0 Å². The average Bonchev–Trinajstić information content (AvgIpc) is 2.75. The number of hydrogen-bond donors (Lipinski definition) is 0. The number of esters is 1. The highest BCUT2D eigenvalue weighted by molar-refractivity contribution is 9.09. The van der Waals surface area contributed by atoms with Crippen LogP contribution in [0.4, 0.5) is 0 Å². The fourth-order valence-corrected chi connectivity index (χ4v) is 2.12. The van der Waals surface area contributed by atoms with Crippen molar-refractivity contribution in [2.24, 2.45) is 0 Å². The minimum atomic E-state index is -0.470. The highest BCUT2D eigenvalue weighted by Gasteiger charge is 2.20. The Morgan fingerprint density at radius 2 is 2.00 bits per heavy atom. The quantitative estimate of drug-likeness (QED) is 0.434. The van der Waals surface area contributed by atoms with Crippen LogP contribution in [0.5, 0.6) is 0 Å². The first-order valence-corrected chi connectivity index (χ1v) is 7.87. The van der Waals surface area contributed by atoms with Crippen molar-refractivity contribution < 1.29 is 9.53 Å². The predicted octanol–water partition coefficient (Wildman–Crippen LogP) is 3.79. The van der Waals surface area contributed by atoms with E-state index in [4.69, 9.17) is 4.74 Å². The summed E-state index contributed by atoms with van der Waals surface area (Å²) in [5.41, 5.74) is 0.0672. The highest BCUT2D eigenvalue weighted by Crippen LogP contribution is 2.12. The molecule has 1 rings (SSSR count). The van der Waals surface area contributed by atoms with Crippen molar-refractivity contribution >= 4 is 21.9 Å². The van der Waals surface area contributed by atoms with Crippen LogP contribution in [0.1, 0.15) is 56.9 Å². The van der Waals surface area contributed by atoms with E-state index in [9.17, 15) is 4.79 Å². The first-order valence-electron chi connectivity index (χ1n) is 6.75. The summed E-state index contributed by atoms with van der Waals surface area (Å²) in [5.74, 6) is -0.301. The third-order valence-corrected chi connectivity index (χ3v) is 3.14. The number of ether oxygens (including phenoxy) is 1. The maximum Gasteiger partial charge on any atom is 0.357 e. The molecule has 108 valence electrons. The van der Waals surface area contributed by atoms with Gasteiger partial charge < -0.3 is 4.74 Å². The molecule has 4 nitrogen and oxygen atoms in total. The molecule has 0 unspecified atom stereocenters. The normalized spacial score (nSPS) is 11.6. The molecule has 0 radical (unpaired) electrons. The molecular formula is C14H23BrN2O2. The standard InChI is InChI=1S/C14H23BrN2O2/c1-14(2,3)19-13(18)12-8-10-16-17(12)11-7-5-4-6-9-15/h8,10H,4-7,9,11H2,1-3H3. The van der Waals surface area contributed by atoms with E-state index in [1.54, 1.807) is 16.9 Å². The van der Waals surface area contributed by atoms with E-state index in [0.29, 0.717) is 5.69 Å². The number of rotatable bonds is 7. The summed E-state index contributed by atoms with van der Waals surface area (Å²) in [6.07, 6.45) is 6.23. The molecular weight excluding hydrogens is 308 g/mol. The smallest absolute Gasteiger partial charge is 0.357 e. The summed E-state index contributed by atoms with van der Waals surface area (Å²) >= 11 is 3.42. The van der Waals surface area contributed by atoms with E-state index in [0.717, 1.165) is 24.7 Å². The zero-order chi connectivity index (χ0) is 14.3. The molecule has 0 spiro atoms. The molecule has 0 aromatic carbocycles. The second kappa shape index (κ2) is 7.68. The molecule has 0 N–H and O–H groups in total. The van der Waals surface area contributed by atoms with Gasteiger partial charge in [-0.3, -0.25) is 4.68 Å². The number of nitrogens with zero attached hydrogens (tertiary/aromatic N) is 2. The summed E-state index contributed by atoms with van der Waals surface area (Å²) < 4.78 is 7.10. The number of unbranched alkanes of at least 4 members (excludes halogenated alkanes) is 3. The van der Waals surface area contributed by atoms with Gasteiger partial charge in [0, 0.05) is 18.1 Å². The van der Waals surface area contributed by atoms with Gasteiger partial charge in [-0.2, -0.15) is 5.10 Å². The first kappa shape index (κ1) is 16.2. The summed E-state index contributed by atoms with van der Waals surface area (Å²) in [4.78, 5) is 12.0. The van der Waals surface area contributed by atoms with Crippen LogP contribution >= 0.6 is 15.9 Å². The number of hydrogen-bond acceptors (Lipinski definition) is 3. The molecule has 0 aliphatic rings. The van der Waals surface area contributed by atoms with Gasteiger partial charge in [-0.1, -0.05) is 28.8 Å². The van der Waals surface area contributed by atoms with Crippen LogP contribution in [0.15, 0.2) is 12.3 Å². The molecule has 0 atom stereocenters. The largest absolute Gasteiger partial charge is 0.455 e. The first-order chi connectivity index (χ1) is 8.94. The molecule has 5 heteroatoms. The summed E-state index contributed by atoms with van der Waals surface area (Å²) in [7, 11) is 0. The third kappa shape index (κ3) is 6.23. The van der Waals surface area contributed by atoms with Gasteiger partial charge in [0.1, 0.15) is 11.3 Å². The van der Waals surface area contributed by atoms with Crippen molar-refractivity contribution in [1.82, 2.24) is 9.78 Å². The van der Waals surface area contributed by atoms with Crippen LogP contribution in [0, 0.1) is 0 Å². The Labute approximate surface area is 123 Å². The van der Waals surface area contributed by atoms with E-state index in [1.807, 2.05) is 20.8 Å². The topological polar surface area (TPSA) is 44.1 Å². The average molecular weight is 331 g/mol. The molecule has 0 saturated carbocycles. The van der Waals surface area contributed by atoms with Crippen molar-refractivity contribution in [1.29, 1.82) is 0 Å². The molecule has 1 heterocycles. The lowest BCUT2D eigenvalue weighted by atomic mass is 10.2. The van der Waals surface area contributed by atoms with Gasteiger partial charge in [-0.25, -0.2) is 4.79 Å². The molecule has 0 bridgehead atoms. The Balaban J connectivity index is 2.48. The molecule has 0 fully saturated rings. The number of carbonyl (C=O) groups is 1. The van der Waals surface area contributed by atoms with Crippen LogP contribution in [0.2, 0.25) is 0 Å². The van der Waals surface area contributed by atoms with Crippen LogP contribution in [-0.4, -0.2) is 26.7 Å². The number of carbonyl (C=O) groups excluding carboxylic acids is 1. The summed E-state index contributed by atoms with van der Waals surface area (Å²) in [6.45, 7) is 6.37. The van der Waals surface area contributed by atoms with Crippen LogP contribution in [0.25, 0.3) is 0 Å². The Morgan fingerprint density at radius 3 is 2.63 bits per heavy atom. The van der Waals surface area contributed by atoms with E-state index >= 15 is 0 Å². The monoisotopic (exact) mass is 330 g/mol. The van der Waals surface area contributed by atoms with E-state index in [2.05, 4.69) is 21.0 Å². The van der Waals surface area contributed by atoms with Crippen molar-refractivity contribution in [3.05, 3.63) is 18.0 Å². The van der Waals surface area contributed by atoms with Crippen molar-refractivity contribution in [3.8, 4) is 0 Å². The Kier molecular flexibility index (Phi) is 6.55. The molecule has 1 aromatic heterocycles. The predicted molar refractivity (Wildman–Crippen MR) is 79.7 cm³/mol. The maximum absolute atomic E-state index is 12.0. The fraction of sp³-hybridized carbons (Fsp3) is 0.714. The van der Waals surface area contributed by atoms with Crippen molar-refractivity contribution in [3.63, 3.8) is 0 Å². The Morgan fingerprint density at radius 1 is 1.32 bits per heavy atom. The van der Waals surface area contributed by atoms with Gasteiger partial charge >= 0.3 is 5.97 Å². The summed E-state index contributed by atoms with van der Waals surface area (Å²) in [6, 6.07) is 1.71. The maximum atomic E-state index is 12.0. The molecule has 0 amide bonds. The van der Waals surface area contributed by atoms with E-state index < -0.39 is 5.60 Å². The van der Waals surface area contributed by atoms with Crippen molar-refractivity contribution in [2.45, 2.75) is 58.6 Å². The Bertz CT molecular complexity index is 396. The molecule has 0 aliphatic carbocycles. The highest BCUT2D eigenvalue weighted by atomic mass is 79.9. The van der Waals surface area contributed by atoms with Gasteiger partial charge in [-0.15, -0.1) is 0 Å². The molecule has 0 saturated heterocycles. The minimum Gasteiger partial charge on any atom is -0.455 e. The number of alkyl halides is 1. The SMILES string of the molecule is CC(C)(C)OC(=O)c1ccnn1CCCCCCBr. The molecule has 1 aromatic rings. The van der Waals surface area contributed by atoms with Gasteiger partial charge in [0.15, 0.2) is 0 Å². The minimum absolute atomic E-state index is 0.301. The lowest BCUT2D eigenvalue weighted by molar-refractivity contribution is 0.00558. The molecule has 0 aliphatic heterocycles.